The van der Waals surface area contributed by atoms with Gasteiger partial charge in [0.1, 0.15) is 5.76 Å². The van der Waals surface area contributed by atoms with E-state index in [0.29, 0.717) is 5.76 Å². The Balaban J connectivity index is 1.85. The molecule has 0 aliphatic carbocycles. The maximum Gasteiger partial charge on any atom is 0.190 e. The summed E-state index contributed by atoms with van der Waals surface area (Å²) in [7, 11) is 0. The van der Waals surface area contributed by atoms with Crippen molar-refractivity contribution >= 4 is 5.71 Å². The van der Waals surface area contributed by atoms with Gasteiger partial charge in [0, 0.05) is 13.0 Å². The molecule has 1 aromatic heterocycles. The summed E-state index contributed by atoms with van der Waals surface area (Å²) in [6.07, 6.45) is 2.43. The van der Waals surface area contributed by atoms with Gasteiger partial charge >= 0.3 is 0 Å². The highest BCUT2D eigenvalue weighted by Crippen LogP contribution is 2.25. The van der Waals surface area contributed by atoms with Crippen LogP contribution in [0.15, 0.2) is 58.2 Å². The van der Waals surface area contributed by atoms with E-state index in [2.05, 4.69) is 11.2 Å². The first-order chi connectivity index (χ1) is 9.38. The van der Waals surface area contributed by atoms with Crippen LogP contribution in [0.25, 0.3) is 0 Å². The molecule has 4 heteroatoms. The number of rotatable bonds is 3. The molecule has 0 radical (unpaired) electrons. The Hall–Kier alpha value is -2.54. The van der Waals surface area contributed by atoms with Crippen LogP contribution in [0.1, 0.15) is 23.8 Å². The fraction of sp³-hybridized carbons (Fsp3) is 0.200. The van der Waals surface area contributed by atoms with Crippen molar-refractivity contribution in [2.24, 2.45) is 5.10 Å². The van der Waals surface area contributed by atoms with Gasteiger partial charge in [-0.25, -0.2) is 0 Å². The van der Waals surface area contributed by atoms with Crippen molar-refractivity contribution in [3.05, 3.63) is 60.1 Å². The smallest absolute Gasteiger partial charge is 0.190 e. The molecule has 0 N–H and O–H groups in total. The van der Waals surface area contributed by atoms with Crippen molar-refractivity contribution in [1.82, 2.24) is 5.01 Å². The predicted molar refractivity (Wildman–Crippen MR) is 71.4 cm³/mol. The standard InChI is InChI=1S/C15H13N3O/c16-11-14(15-7-4-10-19-15)18-9-8-13(17-18)12-5-2-1-3-6-12/h1-7,10,14H,8-9H2. The fourth-order valence-corrected chi connectivity index (χ4v) is 2.22. The molecule has 0 saturated carbocycles. The highest BCUT2D eigenvalue weighted by molar-refractivity contribution is 6.01. The SMILES string of the molecule is N#CC(c1ccco1)N1CCC(c2ccccc2)=N1. The molecule has 19 heavy (non-hydrogen) atoms. The Kier molecular flexibility index (Phi) is 3.03. The lowest BCUT2D eigenvalue weighted by Crippen LogP contribution is -2.19. The first-order valence-electron chi connectivity index (χ1n) is 6.21. The summed E-state index contributed by atoms with van der Waals surface area (Å²) in [6.45, 7) is 0.739. The average Bonchev–Trinajstić information content (AvgIpc) is 3.12. The van der Waals surface area contributed by atoms with E-state index in [1.54, 1.807) is 17.3 Å². The average molecular weight is 251 g/mol. The minimum atomic E-state index is -0.448. The first kappa shape index (κ1) is 11.5. The molecule has 0 bridgehead atoms. The van der Waals surface area contributed by atoms with Crippen LogP contribution in [0.2, 0.25) is 0 Å². The summed E-state index contributed by atoms with van der Waals surface area (Å²) < 4.78 is 5.31. The predicted octanol–water partition coefficient (Wildman–Crippen LogP) is 2.95. The molecule has 0 spiro atoms. The number of nitrogens with zero attached hydrogens (tertiary/aromatic N) is 3. The molecular weight excluding hydrogens is 238 g/mol. The third-order valence-corrected chi connectivity index (χ3v) is 3.17. The van der Waals surface area contributed by atoms with Crippen molar-refractivity contribution < 1.29 is 4.42 Å². The van der Waals surface area contributed by atoms with Gasteiger partial charge in [0.25, 0.3) is 0 Å². The molecule has 3 rings (SSSR count). The Morgan fingerprint density at radius 2 is 2.05 bits per heavy atom. The highest BCUT2D eigenvalue weighted by atomic mass is 16.3. The van der Waals surface area contributed by atoms with Crippen molar-refractivity contribution in [2.75, 3.05) is 6.54 Å². The van der Waals surface area contributed by atoms with Gasteiger partial charge in [0.2, 0.25) is 0 Å². The minimum Gasteiger partial charge on any atom is -0.466 e. The first-order valence-corrected chi connectivity index (χ1v) is 6.21. The largest absolute Gasteiger partial charge is 0.466 e. The lowest BCUT2D eigenvalue weighted by molar-refractivity contribution is 0.245. The van der Waals surface area contributed by atoms with E-state index in [0.717, 1.165) is 24.2 Å². The van der Waals surface area contributed by atoms with Crippen LogP contribution in [0.3, 0.4) is 0 Å². The van der Waals surface area contributed by atoms with E-state index in [1.165, 1.54) is 0 Å². The van der Waals surface area contributed by atoms with Gasteiger partial charge in [0.05, 0.1) is 18.0 Å². The lowest BCUT2D eigenvalue weighted by Gasteiger charge is -2.17. The Bertz CT molecular complexity index is 611. The van der Waals surface area contributed by atoms with Gasteiger partial charge in [-0.15, -0.1) is 0 Å². The van der Waals surface area contributed by atoms with E-state index in [4.69, 9.17) is 4.42 Å². The van der Waals surface area contributed by atoms with Gasteiger partial charge < -0.3 is 4.42 Å². The van der Waals surface area contributed by atoms with Gasteiger partial charge in [-0.05, 0) is 17.7 Å². The van der Waals surface area contributed by atoms with Crippen molar-refractivity contribution in [1.29, 1.82) is 5.26 Å². The van der Waals surface area contributed by atoms with E-state index >= 15 is 0 Å². The number of hydrazone groups is 1. The third-order valence-electron chi connectivity index (χ3n) is 3.17. The summed E-state index contributed by atoms with van der Waals surface area (Å²) in [5, 5.41) is 15.6. The summed E-state index contributed by atoms with van der Waals surface area (Å²) in [5.41, 5.74) is 2.13. The van der Waals surface area contributed by atoms with E-state index < -0.39 is 6.04 Å². The van der Waals surface area contributed by atoms with Crippen LogP contribution >= 0.6 is 0 Å². The summed E-state index contributed by atoms with van der Waals surface area (Å²) in [6, 6.07) is 15.4. The monoisotopic (exact) mass is 251 g/mol. The van der Waals surface area contributed by atoms with Crippen molar-refractivity contribution in [2.45, 2.75) is 12.5 Å². The van der Waals surface area contributed by atoms with Crippen LogP contribution in [-0.2, 0) is 0 Å². The third kappa shape index (κ3) is 2.23. The topological polar surface area (TPSA) is 52.5 Å². The second kappa shape index (κ2) is 4.99. The summed E-state index contributed by atoms with van der Waals surface area (Å²) in [5.74, 6) is 0.639. The number of hydrogen-bond acceptors (Lipinski definition) is 4. The summed E-state index contributed by atoms with van der Waals surface area (Å²) >= 11 is 0. The van der Waals surface area contributed by atoms with E-state index in [9.17, 15) is 5.26 Å². The van der Waals surface area contributed by atoms with Gasteiger partial charge in [-0.3, -0.25) is 5.01 Å². The molecule has 1 aliphatic heterocycles. The minimum absolute atomic E-state index is 0.448. The van der Waals surface area contributed by atoms with Crippen LogP contribution < -0.4 is 0 Å². The van der Waals surface area contributed by atoms with Crippen LogP contribution in [0.5, 0.6) is 0 Å². The Labute approximate surface area is 111 Å². The molecule has 2 heterocycles. The quantitative estimate of drug-likeness (QED) is 0.842. The van der Waals surface area contributed by atoms with E-state index in [1.807, 2.05) is 36.4 Å². The highest BCUT2D eigenvalue weighted by Gasteiger charge is 2.26. The zero-order valence-corrected chi connectivity index (χ0v) is 10.4. The van der Waals surface area contributed by atoms with Gasteiger partial charge in [-0.1, -0.05) is 30.3 Å². The molecule has 1 aliphatic rings. The van der Waals surface area contributed by atoms with Crippen LogP contribution in [0, 0.1) is 11.3 Å². The maximum atomic E-state index is 9.29. The van der Waals surface area contributed by atoms with Crippen LogP contribution in [-0.4, -0.2) is 17.3 Å². The molecule has 2 aromatic rings. The number of furan rings is 1. The Morgan fingerprint density at radius 3 is 2.74 bits per heavy atom. The second-order valence-corrected chi connectivity index (χ2v) is 4.37. The molecule has 0 saturated heterocycles. The molecule has 0 fully saturated rings. The summed E-state index contributed by atoms with van der Waals surface area (Å²) in [4.78, 5) is 0. The number of nitriles is 1. The second-order valence-electron chi connectivity index (χ2n) is 4.37. The number of benzene rings is 1. The van der Waals surface area contributed by atoms with Crippen molar-refractivity contribution in [3.8, 4) is 6.07 Å². The molecule has 1 atom stereocenters. The molecular formula is C15H13N3O. The normalized spacial score (nSPS) is 15.9. The zero-order chi connectivity index (χ0) is 13.1. The van der Waals surface area contributed by atoms with Crippen LogP contribution in [0.4, 0.5) is 0 Å². The fourth-order valence-electron chi connectivity index (χ4n) is 2.22. The van der Waals surface area contributed by atoms with Gasteiger partial charge in [-0.2, -0.15) is 10.4 Å². The molecule has 94 valence electrons. The van der Waals surface area contributed by atoms with Gasteiger partial charge in [0.15, 0.2) is 6.04 Å². The molecule has 4 nitrogen and oxygen atoms in total. The molecule has 1 unspecified atom stereocenters. The van der Waals surface area contributed by atoms with E-state index in [-0.39, 0.29) is 0 Å². The molecule has 1 aromatic carbocycles. The molecule has 0 amide bonds. The lowest BCUT2D eigenvalue weighted by atomic mass is 10.1. The maximum absolute atomic E-state index is 9.29. The number of hydrogen-bond donors (Lipinski definition) is 0. The Morgan fingerprint density at radius 1 is 1.21 bits per heavy atom. The zero-order valence-electron chi connectivity index (χ0n) is 10.4. The van der Waals surface area contributed by atoms with Crippen molar-refractivity contribution in [3.63, 3.8) is 0 Å².